The molecule has 15 heavy (non-hydrogen) atoms. The Morgan fingerprint density at radius 1 is 1.67 bits per heavy atom. The van der Waals surface area contributed by atoms with Crippen LogP contribution in [0.15, 0.2) is 11.4 Å². The highest BCUT2D eigenvalue weighted by molar-refractivity contribution is 7.14. The van der Waals surface area contributed by atoms with Crippen LogP contribution < -0.4 is 5.32 Å². The Morgan fingerprint density at radius 2 is 2.47 bits per heavy atom. The summed E-state index contributed by atoms with van der Waals surface area (Å²) in [4.78, 5) is 2.51. The molecule has 1 fully saturated rings. The van der Waals surface area contributed by atoms with Gasteiger partial charge in [0.05, 0.1) is 4.34 Å². The zero-order valence-corrected chi connectivity index (χ0v) is 10.7. The maximum absolute atomic E-state index is 5.95. The number of nitrogens with zero attached hydrogens (tertiary/aromatic N) is 1. The molecule has 1 saturated heterocycles. The van der Waals surface area contributed by atoms with Crippen LogP contribution >= 0.6 is 22.9 Å². The molecule has 1 aliphatic heterocycles. The molecule has 1 aromatic rings. The molecular formula is C11H17ClN2S. The Labute approximate surface area is 100 Å². The lowest BCUT2D eigenvalue weighted by Gasteiger charge is -2.23. The Bertz CT molecular complexity index is 326. The summed E-state index contributed by atoms with van der Waals surface area (Å²) in [6.07, 6.45) is 1.25. The van der Waals surface area contributed by atoms with Gasteiger partial charge in [-0.25, -0.2) is 0 Å². The van der Waals surface area contributed by atoms with Gasteiger partial charge < -0.3 is 5.32 Å². The van der Waals surface area contributed by atoms with Crippen LogP contribution in [-0.2, 0) is 0 Å². The second-order valence-corrected chi connectivity index (χ2v) is 5.67. The average Bonchev–Trinajstić information content (AvgIpc) is 2.84. The fourth-order valence-electron chi connectivity index (χ4n) is 2.13. The third-order valence-electron chi connectivity index (χ3n) is 3.25. The van der Waals surface area contributed by atoms with Crippen molar-refractivity contribution in [3.63, 3.8) is 0 Å². The van der Waals surface area contributed by atoms with Crippen LogP contribution in [0.25, 0.3) is 0 Å². The minimum atomic E-state index is 0.493. The van der Waals surface area contributed by atoms with E-state index in [2.05, 4.69) is 28.6 Å². The molecule has 1 aliphatic rings. The summed E-state index contributed by atoms with van der Waals surface area (Å²) in [6, 6.07) is 3.23. The minimum absolute atomic E-state index is 0.493. The molecule has 0 amide bonds. The summed E-state index contributed by atoms with van der Waals surface area (Å²) >= 11 is 7.58. The van der Waals surface area contributed by atoms with E-state index in [1.54, 1.807) is 11.3 Å². The first-order chi connectivity index (χ1) is 7.20. The van der Waals surface area contributed by atoms with E-state index in [0.29, 0.717) is 12.1 Å². The van der Waals surface area contributed by atoms with Crippen LogP contribution in [0.1, 0.15) is 24.9 Å². The first-order valence-corrected chi connectivity index (χ1v) is 6.61. The van der Waals surface area contributed by atoms with Gasteiger partial charge in [0.25, 0.3) is 0 Å². The molecule has 0 bridgehead atoms. The van der Waals surface area contributed by atoms with Gasteiger partial charge in [0.2, 0.25) is 0 Å². The van der Waals surface area contributed by atoms with Crippen molar-refractivity contribution in [1.82, 2.24) is 10.2 Å². The largest absolute Gasteiger partial charge is 0.316 e. The summed E-state index contributed by atoms with van der Waals surface area (Å²) in [5, 5.41) is 5.51. The number of likely N-dealkylation sites (N-methyl/N-ethyl adjacent to an activating group) is 1. The van der Waals surface area contributed by atoms with Gasteiger partial charge in [-0.15, -0.1) is 11.3 Å². The lowest BCUT2D eigenvalue weighted by atomic mass is 10.1. The quantitative estimate of drug-likeness (QED) is 0.880. The summed E-state index contributed by atoms with van der Waals surface area (Å²) in [7, 11) is 2.04. The van der Waals surface area contributed by atoms with E-state index < -0.39 is 0 Å². The number of likely N-dealkylation sites (tertiary alicyclic amines) is 1. The van der Waals surface area contributed by atoms with E-state index >= 15 is 0 Å². The Kier molecular flexibility index (Phi) is 3.67. The van der Waals surface area contributed by atoms with Crippen LogP contribution in [0.4, 0.5) is 0 Å². The van der Waals surface area contributed by atoms with Gasteiger partial charge in [0.15, 0.2) is 0 Å². The number of hydrogen-bond donors (Lipinski definition) is 1. The van der Waals surface area contributed by atoms with E-state index in [-0.39, 0.29) is 0 Å². The van der Waals surface area contributed by atoms with Crippen molar-refractivity contribution >= 4 is 22.9 Å². The van der Waals surface area contributed by atoms with Crippen molar-refractivity contribution in [2.75, 3.05) is 20.1 Å². The molecule has 4 heteroatoms. The van der Waals surface area contributed by atoms with Crippen LogP contribution in [0.2, 0.25) is 4.34 Å². The van der Waals surface area contributed by atoms with Gasteiger partial charge in [-0.3, -0.25) is 4.90 Å². The molecule has 0 aliphatic carbocycles. The fraction of sp³-hybridized carbons (Fsp3) is 0.636. The highest BCUT2D eigenvalue weighted by Gasteiger charge is 2.25. The third-order valence-corrected chi connectivity index (χ3v) is 4.36. The second kappa shape index (κ2) is 4.83. The van der Waals surface area contributed by atoms with Gasteiger partial charge in [-0.05, 0) is 37.4 Å². The lowest BCUT2D eigenvalue weighted by molar-refractivity contribution is 0.257. The van der Waals surface area contributed by atoms with Crippen LogP contribution in [0, 0.1) is 0 Å². The van der Waals surface area contributed by atoms with Crippen molar-refractivity contribution in [2.45, 2.75) is 25.4 Å². The van der Waals surface area contributed by atoms with E-state index in [1.807, 2.05) is 7.05 Å². The molecule has 0 saturated carbocycles. The topological polar surface area (TPSA) is 15.3 Å². The SMILES string of the molecule is CNC1CCN(C(C)c2csc(Cl)c2)C1. The summed E-state index contributed by atoms with van der Waals surface area (Å²) < 4.78 is 0.890. The van der Waals surface area contributed by atoms with Crippen LogP contribution in [-0.4, -0.2) is 31.1 Å². The number of hydrogen-bond acceptors (Lipinski definition) is 3. The van der Waals surface area contributed by atoms with Crippen molar-refractivity contribution in [3.05, 3.63) is 21.3 Å². The predicted octanol–water partition coefficient (Wildman–Crippen LogP) is 2.76. The molecule has 2 atom stereocenters. The first-order valence-electron chi connectivity index (χ1n) is 5.36. The molecule has 1 aromatic heterocycles. The van der Waals surface area contributed by atoms with Crippen molar-refractivity contribution in [3.8, 4) is 0 Å². The lowest BCUT2D eigenvalue weighted by Crippen LogP contribution is -2.30. The molecule has 84 valence electrons. The van der Waals surface area contributed by atoms with E-state index in [9.17, 15) is 0 Å². The molecule has 1 N–H and O–H groups in total. The average molecular weight is 245 g/mol. The van der Waals surface area contributed by atoms with E-state index in [1.165, 1.54) is 18.5 Å². The van der Waals surface area contributed by atoms with Gasteiger partial charge in [0, 0.05) is 25.2 Å². The standard InChI is InChI=1S/C11H17ClN2S/c1-8(9-5-11(12)15-7-9)14-4-3-10(6-14)13-2/h5,7-8,10,13H,3-4,6H2,1-2H3. The maximum atomic E-state index is 5.95. The molecule has 2 unspecified atom stereocenters. The maximum Gasteiger partial charge on any atom is 0.0931 e. The number of halogens is 1. The molecular weight excluding hydrogens is 228 g/mol. The van der Waals surface area contributed by atoms with Gasteiger partial charge in [-0.1, -0.05) is 11.6 Å². The van der Waals surface area contributed by atoms with Gasteiger partial charge in [0.1, 0.15) is 0 Å². The molecule has 0 radical (unpaired) electrons. The zero-order chi connectivity index (χ0) is 10.8. The molecule has 2 heterocycles. The Morgan fingerprint density at radius 3 is 3.00 bits per heavy atom. The van der Waals surface area contributed by atoms with Crippen molar-refractivity contribution in [2.24, 2.45) is 0 Å². The van der Waals surface area contributed by atoms with Gasteiger partial charge in [-0.2, -0.15) is 0 Å². The Balaban J connectivity index is 2.00. The Hall–Kier alpha value is -0.0900. The van der Waals surface area contributed by atoms with E-state index in [4.69, 9.17) is 11.6 Å². The zero-order valence-electron chi connectivity index (χ0n) is 9.16. The van der Waals surface area contributed by atoms with Gasteiger partial charge >= 0.3 is 0 Å². The highest BCUT2D eigenvalue weighted by atomic mass is 35.5. The third kappa shape index (κ3) is 2.53. The van der Waals surface area contributed by atoms with Crippen molar-refractivity contribution < 1.29 is 0 Å². The second-order valence-electron chi connectivity index (χ2n) is 4.13. The van der Waals surface area contributed by atoms with Crippen LogP contribution in [0.3, 0.4) is 0 Å². The van der Waals surface area contributed by atoms with Crippen LogP contribution in [0.5, 0.6) is 0 Å². The summed E-state index contributed by atoms with van der Waals surface area (Å²) in [5.74, 6) is 0. The molecule has 0 aromatic carbocycles. The van der Waals surface area contributed by atoms with E-state index in [0.717, 1.165) is 10.9 Å². The summed E-state index contributed by atoms with van der Waals surface area (Å²) in [6.45, 7) is 4.59. The number of rotatable bonds is 3. The summed E-state index contributed by atoms with van der Waals surface area (Å²) in [5.41, 5.74) is 1.35. The molecule has 2 nitrogen and oxygen atoms in total. The minimum Gasteiger partial charge on any atom is -0.316 e. The molecule has 2 rings (SSSR count). The predicted molar refractivity (Wildman–Crippen MR) is 66.8 cm³/mol. The monoisotopic (exact) mass is 244 g/mol. The highest BCUT2D eigenvalue weighted by Crippen LogP contribution is 2.30. The molecule has 0 spiro atoms. The smallest absolute Gasteiger partial charge is 0.0931 e. The normalized spacial score (nSPS) is 24.6. The fourth-order valence-corrected chi connectivity index (χ4v) is 3.11. The number of thiophene rings is 1. The van der Waals surface area contributed by atoms with Crippen molar-refractivity contribution in [1.29, 1.82) is 0 Å². The first kappa shape index (κ1) is 11.4. The number of nitrogens with one attached hydrogen (secondary N) is 1.